The number of thioether (sulfide) groups is 1. The summed E-state index contributed by atoms with van der Waals surface area (Å²) in [4.78, 5) is 4.57. The predicted molar refractivity (Wildman–Crippen MR) is 118 cm³/mol. The van der Waals surface area contributed by atoms with Crippen molar-refractivity contribution >= 4 is 29.1 Å². The van der Waals surface area contributed by atoms with Crippen molar-refractivity contribution in [1.29, 1.82) is 0 Å². The van der Waals surface area contributed by atoms with Gasteiger partial charge in [-0.1, -0.05) is 47.6 Å². The van der Waals surface area contributed by atoms with Gasteiger partial charge in [-0.05, 0) is 12.1 Å². The Labute approximate surface area is 183 Å². The minimum atomic E-state index is -0.631. The average Bonchev–Trinajstić information content (AvgIpc) is 2.93. The molecule has 0 spiro atoms. The van der Waals surface area contributed by atoms with Crippen molar-refractivity contribution in [3.63, 3.8) is 0 Å². The Kier molecular flexibility index (Phi) is 5.96. The summed E-state index contributed by atoms with van der Waals surface area (Å²) >= 11 is 7.99. The van der Waals surface area contributed by atoms with Crippen LogP contribution in [0.4, 0.5) is 5.69 Å². The number of anilines is 1. The number of fused-ring (bicyclic) bond motifs is 3. The van der Waals surface area contributed by atoms with Crippen LogP contribution in [0.3, 0.4) is 0 Å². The van der Waals surface area contributed by atoms with Crippen LogP contribution in [0.2, 0.25) is 5.02 Å². The van der Waals surface area contributed by atoms with Gasteiger partial charge in [0.2, 0.25) is 11.0 Å². The van der Waals surface area contributed by atoms with E-state index in [1.165, 1.54) is 11.8 Å². The van der Waals surface area contributed by atoms with E-state index in [0.717, 1.165) is 11.3 Å². The lowest BCUT2D eigenvalue weighted by Crippen LogP contribution is -2.18. The first-order chi connectivity index (χ1) is 14.6. The molecule has 1 aliphatic rings. The van der Waals surface area contributed by atoms with E-state index in [4.69, 9.17) is 25.8 Å². The minimum Gasteiger partial charge on any atom is -0.493 e. The van der Waals surface area contributed by atoms with Crippen molar-refractivity contribution in [2.45, 2.75) is 11.4 Å². The summed E-state index contributed by atoms with van der Waals surface area (Å²) in [5, 5.41) is 12.9. The van der Waals surface area contributed by atoms with Crippen molar-refractivity contribution in [1.82, 2.24) is 15.2 Å². The molecule has 2 heterocycles. The highest BCUT2D eigenvalue weighted by Crippen LogP contribution is 2.42. The maximum absolute atomic E-state index is 6.56. The molecule has 1 atom stereocenters. The number of hydrogen-bond acceptors (Lipinski definition) is 8. The number of benzene rings is 2. The Morgan fingerprint density at radius 2 is 1.97 bits per heavy atom. The van der Waals surface area contributed by atoms with Gasteiger partial charge < -0.3 is 19.5 Å². The number of para-hydroxylation sites is 1. The first-order valence-electron chi connectivity index (χ1n) is 9.07. The normalized spacial score (nSPS) is 14.4. The third-order valence-electron chi connectivity index (χ3n) is 4.45. The van der Waals surface area contributed by atoms with E-state index in [0.29, 0.717) is 44.6 Å². The maximum atomic E-state index is 6.56. The molecule has 30 heavy (non-hydrogen) atoms. The minimum absolute atomic E-state index is 0.366. The summed E-state index contributed by atoms with van der Waals surface area (Å²) in [6.45, 7) is 3.73. The molecule has 2 aromatic carbocycles. The second kappa shape index (κ2) is 8.81. The SMILES string of the molecule is C=CCSc1nnc2c(n1)O[C@@H](c1cc(OC)c(OC)cc1Cl)Nc1ccccc1-2. The number of ether oxygens (including phenoxy) is 3. The zero-order valence-corrected chi connectivity index (χ0v) is 18.0. The molecule has 0 amide bonds. The van der Waals surface area contributed by atoms with E-state index in [1.807, 2.05) is 24.3 Å². The van der Waals surface area contributed by atoms with Gasteiger partial charge >= 0.3 is 0 Å². The fraction of sp³-hybridized carbons (Fsp3) is 0.190. The van der Waals surface area contributed by atoms with Crippen molar-refractivity contribution in [2.75, 3.05) is 25.3 Å². The van der Waals surface area contributed by atoms with Crippen molar-refractivity contribution in [3.05, 3.63) is 59.6 Å². The molecule has 0 aliphatic carbocycles. The number of nitrogens with zero attached hydrogens (tertiary/aromatic N) is 3. The smallest absolute Gasteiger partial charge is 0.247 e. The highest BCUT2D eigenvalue weighted by atomic mass is 35.5. The molecule has 0 unspecified atom stereocenters. The molecule has 0 saturated carbocycles. The molecule has 1 aromatic heterocycles. The Morgan fingerprint density at radius 1 is 1.20 bits per heavy atom. The average molecular weight is 443 g/mol. The van der Waals surface area contributed by atoms with Crippen LogP contribution in [0.1, 0.15) is 11.8 Å². The van der Waals surface area contributed by atoms with E-state index in [9.17, 15) is 0 Å². The topological polar surface area (TPSA) is 78.4 Å². The number of rotatable bonds is 6. The van der Waals surface area contributed by atoms with Crippen LogP contribution < -0.4 is 19.5 Å². The molecule has 7 nitrogen and oxygen atoms in total. The fourth-order valence-corrected chi connectivity index (χ4v) is 3.82. The lowest BCUT2D eigenvalue weighted by molar-refractivity contribution is 0.224. The Hall–Kier alpha value is -2.97. The molecule has 3 aromatic rings. The molecule has 154 valence electrons. The van der Waals surface area contributed by atoms with Gasteiger partial charge in [-0.3, -0.25) is 0 Å². The molecule has 0 fully saturated rings. The zero-order valence-electron chi connectivity index (χ0n) is 16.4. The molecule has 4 rings (SSSR count). The van der Waals surface area contributed by atoms with Gasteiger partial charge in [-0.2, -0.15) is 4.98 Å². The molecule has 0 radical (unpaired) electrons. The molecule has 9 heteroatoms. The van der Waals surface area contributed by atoms with Gasteiger partial charge in [0.1, 0.15) is 0 Å². The molecule has 0 bridgehead atoms. The fourth-order valence-electron chi connectivity index (χ4n) is 3.05. The Morgan fingerprint density at radius 3 is 2.73 bits per heavy atom. The Bertz CT molecular complexity index is 1100. The van der Waals surface area contributed by atoms with Crippen LogP contribution in [-0.2, 0) is 0 Å². The van der Waals surface area contributed by atoms with E-state index in [1.54, 1.807) is 32.4 Å². The van der Waals surface area contributed by atoms with Crippen LogP contribution in [0.15, 0.2) is 54.2 Å². The number of halogens is 1. The van der Waals surface area contributed by atoms with Crippen LogP contribution in [0.25, 0.3) is 11.3 Å². The van der Waals surface area contributed by atoms with Crippen molar-refractivity contribution in [3.8, 4) is 28.6 Å². The van der Waals surface area contributed by atoms with Gasteiger partial charge in [0, 0.05) is 28.6 Å². The molecule has 1 aliphatic heterocycles. The summed E-state index contributed by atoms with van der Waals surface area (Å²) < 4.78 is 17.0. The van der Waals surface area contributed by atoms with Gasteiger partial charge in [-0.25, -0.2) is 0 Å². The monoisotopic (exact) mass is 442 g/mol. The maximum Gasteiger partial charge on any atom is 0.247 e. The summed E-state index contributed by atoms with van der Waals surface area (Å²) in [5.41, 5.74) is 2.90. The Balaban J connectivity index is 1.82. The number of aromatic nitrogens is 3. The first-order valence-corrected chi connectivity index (χ1v) is 10.4. The molecular weight excluding hydrogens is 424 g/mol. The van der Waals surface area contributed by atoms with Crippen LogP contribution in [0.5, 0.6) is 17.4 Å². The molecule has 1 N–H and O–H groups in total. The lowest BCUT2D eigenvalue weighted by Gasteiger charge is -2.21. The highest BCUT2D eigenvalue weighted by Gasteiger charge is 2.28. The van der Waals surface area contributed by atoms with Gasteiger partial charge in [0.25, 0.3) is 0 Å². The number of methoxy groups -OCH3 is 2. The predicted octanol–water partition coefficient (Wildman–Crippen LogP) is 4.99. The third-order valence-corrected chi connectivity index (χ3v) is 5.61. The van der Waals surface area contributed by atoms with E-state index < -0.39 is 6.23 Å². The van der Waals surface area contributed by atoms with Gasteiger partial charge in [0.15, 0.2) is 23.4 Å². The van der Waals surface area contributed by atoms with Crippen molar-refractivity contribution < 1.29 is 14.2 Å². The molecule has 0 saturated heterocycles. The number of nitrogens with one attached hydrogen (secondary N) is 1. The second-order valence-electron chi connectivity index (χ2n) is 6.26. The quantitative estimate of drug-likeness (QED) is 0.422. The largest absolute Gasteiger partial charge is 0.493 e. The van der Waals surface area contributed by atoms with E-state index >= 15 is 0 Å². The van der Waals surface area contributed by atoms with Crippen LogP contribution in [-0.4, -0.2) is 35.2 Å². The van der Waals surface area contributed by atoms with Crippen LogP contribution in [0, 0.1) is 0 Å². The second-order valence-corrected chi connectivity index (χ2v) is 7.66. The highest BCUT2D eigenvalue weighted by molar-refractivity contribution is 7.99. The summed E-state index contributed by atoms with van der Waals surface area (Å²) in [7, 11) is 3.13. The van der Waals surface area contributed by atoms with E-state index in [-0.39, 0.29) is 0 Å². The zero-order chi connectivity index (χ0) is 21.1. The molecular formula is C21H19ClN4O3S. The number of hydrogen-bond donors (Lipinski definition) is 1. The van der Waals surface area contributed by atoms with E-state index in [2.05, 4.69) is 27.1 Å². The summed E-state index contributed by atoms with van der Waals surface area (Å²) in [6, 6.07) is 11.2. The third kappa shape index (κ3) is 3.88. The lowest BCUT2D eigenvalue weighted by atomic mass is 10.1. The van der Waals surface area contributed by atoms with Crippen LogP contribution >= 0.6 is 23.4 Å². The summed E-state index contributed by atoms with van der Waals surface area (Å²) in [5.74, 6) is 2.11. The van der Waals surface area contributed by atoms with Crippen molar-refractivity contribution in [2.24, 2.45) is 0 Å². The first kappa shape index (κ1) is 20.3. The summed E-state index contributed by atoms with van der Waals surface area (Å²) in [6.07, 6.45) is 1.15. The van der Waals surface area contributed by atoms with Gasteiger partial charge in [-0.15, -0.1) is 16.8 Å². The standard InChI is InChI=1S/C21H19ClN4O3S/c1-4-9-30-21-24-20-18(25-26-21)12-7-5-6-8-15(12)23-19(29-20)13-10-16(27-2)17(28-3)11-14(13)22/h4-8,10-11,19,23H,1,9H2,2-3H3/t19-/m0/s1. The van der Waals surface area contributed by atoms with Gasteiger partial charge in [0.05, 0.1) is 19.2 Å².